The molecule has 0 aliphatic carbocycles. The maximum Gasteiger partial charge on any atom is 0.227 e. The molecule has 0 spiro atoms. The molecule has 0 atom stereocenters. The largest absolute Gasteiger partial charge is 0.313 e. The molecule has 0 saturated carbocycles. The van der Waals surface area contributed by atoms with Crippen LogP contribution >= 0.6 is 0 Å². The van der Waals surface area contributed by atoms with E-state index in [1.54, 1.807) is 22.8 Å². The molecule has 118 valence electrons. The minimum atomic E-state index is 0.0606. The molecule has 2 aromatic heterocycles. The molecule has 0 saturated heterocycles. The number of aryl methyl sites for hydroxylation is 2. The number of amides is 1. The maximum absolute atomic E-state index is 12.3. The average Bonchev–Trinajstić information content (AvgIpc) is 3.22. The standard InChI is InChI=1S/C17H19N5O/c1-20-13-16(11-18-20)21(2)17(23)9-8-14-10-19-22(12-14)15-6-4-3-5-7-15/h3-7,10-13H,8-9H2,1-2H3. The van der Waals surface area contributed by atoms with Crippen molar-refractivity contribution in [2.75, 3.05) is 11.9 Å². The third-order valence-corrected chi connectivity index (χ3v) is 3.74. The highest BCUT2D eigenvalue weighted by molar-refractivity contribution is 5.92. The van der Waals surface area contributed by atoms with Gasteiger partial charge in [-0.15, -0.1) is 0 Å². The zero-order valence-electron chi connectivity index (χ0n) is 13.3. The fraction of sp³-hybridized carbons (Fsp3) is 0.235. The summed E-state index contributed by atoms with van der Waals surface area (Å²) in [7, 11) is 3.60. The van der Waals surface area contributed by atoms with Gasteiger partial charge in [0.15, 0.2) is 0 Å². The number of carbonyl (C=O) groups is 1. The van der Waals surface area contributed by atoms with Crippen molar-refractivity contribution in [2.45, 2.75) is 12.8 Å². The van der Waals surface area contributed by atoms with Gasteiger partial charge in [-0.25, -0.2) is 4.68 Å². The van der Waals surface area contributed by atoms with E-state index in [1.165, 1.54) is 0 Å². The van der Waals surface area contributed by atoms with Gasteiger partial charge in [0, 0.05) is 32.9 Å². The molecule has 1 aromatic carbocycles. The summed E-state index contributed by atoms with van der Waals surface area (Å²) in [6, 6.07) is 9.92. The van der Waals surface area contributed by atoms with E-state index < -0.39 is 0 Å². The average molecular weight is 309 g/mol. The number of nitrogens with zero attached hydrogens (tertiary/aromatic N) is 5. The Balaban J connectivity index is 1.60. The topological polar surface area (TPSA) is 56.0 Å². The van der Waals surface area contributed by atoms with Gasteiger partial charge in [-0.05, 0) is 24.1 Å². The van der Waals surface area contributed by atoms with Crippen LogP contribution in [0.15, 0.2) is 55.1 Å². The minimum Gasteiger partial charge on any atom is -0.313 e. The zero-order valence-corrected chi connectivity index (χ0v) is 13.3. The predicted octanol–water partition coefficient (Wildman–Crippen LogP) is 2.20. The first kappa shape index (κ1) is 15.0. The summed E-state index contributed by atoms with van der Waals surface area (Å²) in [5.74, 6) is 0.0606. The van der Waals surface area contributed by atoms with Crippen molar-refractivity contribution in [2.24, 2.45) is 7.05 Å². The van der Waals surface area contributed by atoms with Crippen molar-refractivity contribution in [1.29, 1.82) is 0 Å². The van der Waals surface area contributed by atoms with Gasteiger partial charge in [-0.2, -0.15) is 10.2 Å². The molecule has 6 heteroatoms. The van der Waals surface area contributed by atoms with E-state index in [9.17, 15) is 4.79 Å². The van der Waals surface area contributed by atoms with E-state index in [0.29, 0.717) is 12.8 Å². The molecule has 6 nitrogen and oxygen atoms in total. The summed E-state index contributed by atoms with van der Waals surface area (Å²) in [4.78, 5) is 13.9. The van der Waals surface area contributed by atoms with Crippen molar-refractivity contribution in [1.82, 2.24) is 19.6 Å². The smallest absolute Gasteiger partial charge is 0.227 e. The van der Waals surface area contributed by atoms with Crippen LogP contribution in [0.3, 0.4) is 0 Å². The number of para-hydroxylation sites is 1. The van der Waals surface area contributed by atoms with E-state index in [0.717, 1.165) is 16.9 Å². The highest BCUT2D eigenvalue weighted by Crippen LogP contribution is 2.13. The summed E-state index contributed by atoms with van der Waals surface area (Å²) in [5.41, 5.74) is 2.86. The Morgan fingerprint density at radius 3 is 2.61 bits per heavy atom. The van der Waals surface area contributed by atoms with Crippen LogP contribution in [0.5, 0.6) is 0 Å². The van der Waals surface area contributed by atoms with E-state index >= 15 is 0 Å². The molecule has 0 radical (unpaired) electrons. The number of aromatic nitrogens is 4. The first-order valence-electron chi connectivity index (χ1n) is 7.47. The summed E-state index contributed by atoms with van der Waals surface area (Å²) >= 11 is 0. The second-order valence-corrected chi connectivity index (χ2v) is 5.45. The zero-order chi connectivity index (χ0) is 16.2. The molecular formula is C17H19N5O. The van der Waals surface area contributed by atoms with E-state index in [1.807, 2.05) is 60.7 Å². The molecule has 0 unspecified atom stereocenters. The fourth-order valence-electron chi connectivity index (χ4n) is 2.36. The summed E-state index contributed by atoms with van der Waals surface area (Å²) in [6.07, 6.45) is 8.38. The third-order valence-electron chi connectivity index (χ3n) is 3.74. The maximum atomic E-state index is 12.3. The molecule has 0 fully saturated rings. The Morgan fingerprint density at radius 1 is 1.13 bits per heavy atom. The highest BCUT2D eigenvalue weighted by Gasteiger charge is 2.13. The van der Waals surface area contributed by atoms with E-state index in [4.69, 9.17) is 0 Å². The Bertz CT molecular complexity index is 790. The summed E-state index contributed by atoms with van der Waals surface area (Å²) in [6.45, 7) is 0. The third kappa shape index (κ3) is 3.48. The first-order chi connectivity index (χ1) is 11.1. The molecule has 2 heterocycles. The molecule has 0 aliphatic rings. The number of carbonyl (C=O) groups excluding carboxylic acids is 1. The van der Waals surface area contributed by atoms with Crippen molar-refractivity contribution in [3.05, 3.63) is 60.7 Å². The quantitative estimate of drug-likeness (QED) is 0.726. The summed E-state index contributed by atoms with van der Waals surface area (Å²) in [5, 5.41) is 8.43. The fourth-order valence-corrected chi connectivity index (χ4v) is 2.36. The minimum absolute atomic E-state index is 0.0606. The van der Waals surface area contributed by atoms with Gasteiger partial charge in [-0.3, -0.25) is 9.48 Å². The lowest BCUT2D eigenvalue weighted by molar-refractivity contribution is -0.118. The van der Waals surface area contributed by atoms with Crippen molar-refractivity contribution in [3.8, 4) is 5.69 Å². The van der Waals surface area contributed by atoms with E-state index in [2.05, 4.69) is 10.2 Å². The van der Waals surface area contributed by atoms with Crippen molar-refractivity contribution < 1.29 is 4.79 Å². The van der Waals surface area contributed by atoms with Gasteiger partial charge in [0.25, 0.3) is 0 Å². The molecule has 3 aromatic rings. The predicted molar refractivity (Wildman–Crippen MR) is 88.5 cm³/mol. The van der Waals surface area contributed by atoms with Gasteiger partial charge in [0.05, 0.1) is 23.8 Å². The number of benzene rings is 1. The Kier molecular flexibility index (Phi) is 4.23. The van der Waals surface area contributed by atoms with Crippen LogP contribution in [0.1, 0.15) is 12.0 Å². The highest BCUT2D eigenvalue weighted by atomic mass is 16.2. The monoisotopic (exact) mass is 309 g/mol. The number of hydrogen-bond donors (Lipinski definition) is 0. The molecule has 0 aliphatic heterocycles. The molecule has 3 rings (SSSR count). The first-order valence-corrected chi connectivity index (χ1v) is 7.47. The SMILES string of the molecule is CN(C(=O)CCc1cnn(-c2ccccc2)c1)c1cnn(C)c1. The van der Waals surface area contributed by atoms with Crippen LogP contribution in [0, 0.1) is 0 Å². The second kappa shape index (κ2) is 6.48. The van der Waals surface area contributed by atoms with Gasteiger partial charge < -0.3 is 4.90 Å². The molecule has 23 heavy (non-hydrogen) atoms. The van der Waals surface area contributed by atoms with Crippen molar-refractivity contribution >= 4 is 11.6 Å². The number of hydrogen-bond acceptors (Lipinski definition) is 3. The van der Waals surface area contributed by atoms with Crippen molar-refractivity contribution in [3.63, 3.8) is 0 Å². The molecular weight excluding hydrogens is 290 g/mol. The van der Waals surface area contributed by atoms with Gasteiger partial charge >= 0.3 is 0 Å². The van der Waals surface area contributed by atoms with Gasteiger partial charge in [-0.1, -0.05) is 18.2 Å². The van der Waals surface area contributed by atoms with Crippen LogP contribution in [-0.4, -0.2) is 32.5 Å². The molecule has 0 bridgehead atoms. The Hall–Kier alpha value is -2.89. The van der Waals surface area contributed by atoms with Crippen LogP contribution in [0.2, 0.25) is 0 Å². The molecule has 0 N–H and O–H groups in total. The lowest BCUT2D eigenvalue weighted by Gasteiger charge is -2.14. The lowest BCUT2D eigenvalue weighted by atomic mass is 10.2. The van der Waals surface area contributed by atoms with Gasteiger partial charge in [0.2, 0.25) is 5.91 Å². The number of anilines is 1. The second-order valence-electron chi connectivity index (χ2n) is 5.45. The van der Waals surface area contributed by atoms with E-state index in [-0.39, 0.29) is 5.91 Å². The van der Waals surface area contributed by atoms with Crippen LogP contribution in [0.4, 0.5) is 5.69 Å². The van der Waals surface area contributed by atoms with Crippen LogP contribution in [0.25, 0.3) is 5.69 Å². The van der Waals surface area contributed by atoms with Crippen LogP contribution in [-0.2, 0) is 18.3 Å². The Labute approximate surface area is 135 Å². The van der Waals surface area contributed by atoms with Gasteiger partial charge in [0.1, 0.15) is 0 Å². The molecule has 1 amide bonds. The number of rotatable bonds is 5. The summed E-state index contributed by atoms with van der Waals surface area (Å²) < 4.78 is 3.51. The normalized spacial score (nSPS) is 10.7. The Morgan fingerprint density at radius 2 is 1.91 bits per heavy atom. The lowest BCUT2D eigenvalue weighted by Crippen LogP contribution is -2.26. The van der Waals surface area contributed by atoms with Crippen LogP contribution < -0.4 is 4.90 Å².